The molecule has 1 atom stereocenters. The Bertz CT molecular complexity index is 367. The van der Waals surface area contributed by atoms with E-state index < -0.39 is 6.10 Å². The van der Waals surface area contributed by atoms with Crippen LogP contribution in [-0.2, 0) is 4.79 Å². The Hall–Kier alpha value is -1.07. The zero-order chi connectivity index (χ0) is 12.8. The van der Waals surface area contributed by atoms with Gasteiger partial charge in [-0.3, -0.25) is 4.79 Å². The SMILES string of the molecule is CC(Oc1ccc(Br)cc1)C(=O)N(C)CCO. The number of rotatable bonds is 5. The fraction of sp³-hybridized carbons (Fsp3) is 0.417. The maximum atomic E-state index is 11.8. The highest BCUT2D eigenvalue weighted by Crippen LogP contribution is 2.17. The highest BCUT2D eigenvalue weighted by molar-refractivity contribution is 9.10. The summed E-state index contributed by atoms with van der Waals surface area (Å²) in [6.45, 7) is 1.96. The van der Waals surface area contributed by atoms with Gasteiger partial charge in [0.2, 0.25) is 0 Å². The van der Waals surface area contributed by atoms with Crippen LogP contribution in [0.4, 0.5) is 0 Å². The molecule has 0 aliphatic heterocycles. The predicted octanol–water partition coefficient (Wildman–Crippen LogP) is 1.67. The number of halogens is 1. The summed E-state index contributed by atoms with van der Waals surface area (Å²) >= 11 is 3.33. The van der Waals surface area contributed by atoms with E-state index in [4.69, 9.17) is 9.84 Å². The minimum atomic E-state index is -0.562. The summed E-state index contributed by atoms with van der Waals surface area (Å²) in [4.78, 5) is 13.2. The summed E-state index contributed by atoms with van der Waals surface area (Å²) in [5.41, 5.74) is 0. The molecular weight excluding hydrogens is 286 g/mol. The molecule has 0 bridgehead atoms. The van der Waals surface area contributed by atoms with E-state index in [1.807, 2.05) is 12.1 Å². The first-order valence-corrected chi connectivity index (χ1v) is 6.12. The van der Waals surface area contributed by atoms with E-state index in [9.17, 15) is 4.79 Å². The maximum Gasteiger partial charge on any atom is 0.263 e. The molecule has 4 nitrogen and oxygen atoms in total. The molecule has 1 aromatic rings. The Morgan fingerprint density at radius 3 is 2.59 bits per heavy atom. The van der Waals surface area contributed by atoms with Crippen LogP contribution in [0.3, 0.4) is 0 Å². The molecule has 0 aliphatic rings. The van der Waals surface area contributed by atoms with Gasteiger partial charge in [0.15, 0.2) is 6.10 Å². The highest BCUT2D eigenvalue weighted by Gasteiger charge is 2.18. The van der Waals surface area contributed by atoms with Crippen molar-refractivity contribution in [3.05, 3.63) is 28.7 Å². The van der Waals surface area contributed by atoms with Crippen molar-refractivity contribution in [2.45, 2.75) is 13.0 Å². The number of hydrogen-bond donors (Lipinski definition) is 1. The molecule has 17 heavy (non-hydrogen) atoms. The number of hydrogen-bond acceptors (Lipinski definition) is 3. The first kappa shape index (κ1) is 14.0. The van der Waals surface area contributed by atoms with Crippen molar-refractivity contribution in [3.63, 3.8) is 0 Å². The van der Waals surface area contributed by atoms with Crippen molar-refractivity contribution in [1.29, 1.82) is 0 Å². The predicted molar refractivity (Wildman–Crippen MR) is 69.0 cm³/mol. The standard InChI is InChI=1S/C12H16BrNO3/c1-9(12(16)14(2)7-8-15)17-11-5-3-10(13)4-6-11/h3-6,9,15H,7-8H2,1-2H3. The molecule has 0 saturated carbocycles. The van der Waals surface area contributed by atoms with Crippen molar-refractivity contribution in [3.8, 4) is 5.75 Å². The average molecular weight is 302 g/mol. The lowest BCUT2D eigenvalue weighted by Gasteiger charge is -2.21. The second-order valence-electron chi connectivity index (χ2n) is 3.70. The zero-order valence-corrected chi connectivity index (χ0v) is 11.5. The van der Waals surface area contributed by atoms with Gasteiger partial charge in [-0.25, -0.2) is 0 Å². The number of carbonyl (C=O) groups is 1. The molecule has 0 aromatic heterocycles. The molecule has 1 unspecified atom stereocenters. The molecule has 1 aromatic carbocycles. The Labute approximate surface area is 109 Å². The van der Waals surface area contributed by atoms with Crippen LogP contribution in [0.5, 0.6) is 5.75 Å². The second-order valence-corrected chi connectivity index (χ2v) is 4.61. The topological polar surface area (TPSA) is 49.8 Å². The Kier molecular flexibility index (Phi) is 5.44. The molecule has 0 saturated heterocycles. The van der Waals surface area contributed by atoms with Crippen LogP contribution >= 0.6 is 15.9 Å². The third-order valence-corrected chi connectivity index (χ3v) is 2.81. The first-order valence-electron chi connectivity index (χ1n) is 5.32. The van der Waals surface area contributed by atoms with Gasteiger partial charge in [0.05, 0.1) is 6.61 Å². The molecule has 0 fully saturated rings. The van der Waals surface area contributed by atoms with Crippen molar-refractivity contribution < 1.29 is 14.6 Å². The quantitative estimate of drug-likeness (QED) is 0.900. The molecule has 0 spiro atoms. The van der Waals surface area contributed by atoms with E-state index in [0.717, 1.165) is 4.47 Å². The molecule has 1 rings (SSSR count). The van der Waals surface area contributed by atoms with Crippen LogP contribution in [0, 0.1) is 0 Å². The molecule has 1 N–H and O–H groups in total. The van der Waals surface area contributed by atoms with Crippen molar-refractivity contribution >= 4 is 21.8 Å². The van der Waals surface area contributed by atoms with E-state index in [-0.39, 0.29) is 12.5 Å². The van der Waals surface area contributed by atoms with Gasteiger partial charge in [0.1, 0.15) is 5.75 Å². The van der Waals surface area contributed by atoms with Crippen LogP contribution in [-0.4, -0.2) is 42.2 Å². The third-order valence-electron chi connectivity index (χ3n) is 2.29. The monoisotopic (exact) mass is 301 g/mol. The lowest BCUT2D eigenvalue weighted by molar-refractivity contribution is -0.137. The highest BCUT2D eigenvalue weighted by atomic mass is 79.9. The van der Waals surface area contributed by atoms with Gasteiger partial charge < -0.3 is 14.7 Å². The summed E-state index contributed by atoms with van der Waals surface area (Å²) in [6.07, 6.45) is -0.562. The normalized spacial score (nSPS) is 12.0. The smallest absolute Gasteiger partial charge is 0.263 e. The number of benzene rings is 1. The van der Waals surface area contributed by atoms with Crippen molar-refractivity contribution in [2.75, 3.05) is 20.2 Å². The number of likely N-dealkylation sites (N-methyl/N-ethyl adjacent to an activating group) is 1. The van der Waals surface area contributed by atoms with Crippen LogP contribution in [0.1, 0.15) is 6.92 Å². The fourth-order valence-electron chi connectivity index (χ4n) is 1.34. The fourth-order valence-corrected chi connectivity index (χ4v) is 1.60. The van der Waals surface area contributed by atoms with Gasteiger partial charge in [-0.15, -0.1) is 0 Å². The molecular formula is C12H16BrNO3. The largest absolute Gasteiger partial charge is 0.481 e. The summed E-state index contributed by atoms with van der Waals surface area (Å²) in [5.74, 6) is 0.494. The minimum Gasteiger partial charge on any atom is -0.481 e. The first-order chi connectivity index (χ1) is 8.04. The maximum absolute atomic E-state index is 11.8. The van der Waals surface area contributed by atoms with E-state index >= 15 is 0 Å². The molecule has 1 amide bonds. The Morgan fingerprint density at radius 2 is 2.06 bits per heavy atom. The van der Waals surface area contributed by atoms with Crippen LogP contribution in [0.15, 0.2) is 28.7 Å². The summed E-state index contributed by atoms with van der Waals surface area (Å²) in [7, 11) is 1.64. The van der Waals surface area contributed by atoms with Crippen molar-refractivity contribution in [2.24, 2.45) is 0 Å². The minimum absolute atomic E-state index is 0.0484. The summed E-state index contributed by atoms with van der Waals surface area (Å²) in [6, 6.07) is 7.29. The third kappa shape index (κ3) is 4.36. The van der Waals surface area contributed by atoms with E-state index in [1.54, 1.807) is 26.1 Å². The van der Waals surface area contributed by atoms with Gasteiger partial charge in [-0.1, -0.05) is 15.9 Å². The van der Waals surface area contributed by atoms with E-state index in [0.29, 0.717) is 12.3 Å². The van der Waals surface area contributed by atoms with Gasteiger partial charge in [-0.2, -0.15) is 0 Å². The van der Waals surface area contributed by atoms with Gasteiger partial charge >= 0.3 is 0 Å². The Balaban J connectivity index is 2.56. The molecule has 0 heterocycles. The van der Waals surface area contributed by atoms with E-state index in [2.05, 4.69) is 15.9 Å². The van der Waals surface area contributed by atoms with Crippen LogP contribution < -0.4 is 4.74 Å². The van der Waals surface area contributed by atoms with Crippen LogP contribution in [0.2, 0.25) is 0 Å². The summed E-state index contributed by atoms with van der Waals surface area (Å²) < 4.78 is 6.46. The van der Waals surface area contributed by atoms with E-state index in [1.165, 1.54) is 4.90 Å². The molecule has 0 aliphatic carbocycles. The summed E-state index contributed by atoms with van der Waals surface area (Å²) in [5, 5.41) is 8.75. The number of aliphatic hydroxyl groups is 1. The number of nitrogens with zero attached hydrogens (tertiary/aromatic N) is 1. The number of carbonyl (C=O) groups excluding carboxylic acids is 1. The average Bonchev–Trinajstić information content (AvgIpc) is 2.31. The number of amides is 1. The van der Waals surface area contributed by atoms with Gasteiger partial charge in [0.25, 0.3) is 5.91 Å². The lowest BCUT2D eigenvalue weighted by atomic mass is 10.3. The Morgan fingerprint density at radius 1 is 1.47 bits per heavy atom. The lowest BCUT2D eigenvalue weighted by Crippen LogP contribution is -2.39. The zero-order valence-electron chi connectivity index (χ0n) is 9.89. The number of aliphatic hydroxyl groups excluding tert-OH is 1. The van der Waals surface area contributed by atoms with Gasteiger partial charge in [-0.05, 0) is 31.2 Å². The molecule has 0 radical (unpaired) electrons. The van der Waals surface area contributed by atoms with Crippen LogP contribution in [0.25, 0.3) is 0 Å². The second kappa shape index (κ2) is 6.61. The molecule has 5 heteroatoms. The van der Waals surface area contributed by atoms with Gasteiger partial charge in [0, 0.05) is 18.1 Å². The molecule has 94 valence electrons. The van der Waals surface area contributed by atoms with Crippen molar-refractivity contribution in [1.82, 2.24) is 4.90 Å². The number of ether oxygens (including phenoxy) is 1.